The first kappa shape index (κ1) is 11.4. The molecule has 1 fully saturated rings. The van der Waals surface area contributed by atoms with E-state index in [4.69, 9.17) is 10.5 Å². The Morgan fingerprint density at radius 3 is 2.67 bits per heavy atom. The summed E-state index contributed by atoms with van der Waals surface area (Å²) in [6.45, 7) is 1.83. The summed E-state index contributed by atoms with van der Waals surface area (Å²) >= 11 is 0. The molecule has 0 bridgehead atoms. The first-order valence-electron chi connectivity index (χ1n) is 6.34. The third-order valence-electron chi connectivity index (χ3n) is 4.37. The molecule has 5 heteroatoms. The van der Waals surface area contributed by atoms with Gasteiger partial charge in [0, 0.05) is 0 Å². The number of nitrogens with zero attached hydrogens (tertiary/aromatic N) is 2. The van der Waals surface area contributed by atoms with Gasteiger partial charge in [-0.1, -0.05) is 0 Å². The number of piperidine rings is 1. The zero-order valence-electron chi connectivity index (χ0n) is 10.3. The number of fused-ring (bicyclic) bond motifs is 2. The van der Waals surface area contributed by atoms with Gasteiger partial charge in [-0.25, -0.2) is 0 Å². The first-order chi connectivity index (χ1) is 8.79. The van der Waals surface area contributed by atoms with Crippen LogP contribution in [0.15, 0.2) is 29.4 Å². The summed E-state index contributed by atoms with van der Waals surface area (Å²) in [4.78, 5) is 2.04. The van der Waals surface area contributed by atoms with Crippen LogP contribution >= 0.6 is 0 Å². The van der Waals surface area contributed by atoms with Crippen molar-refractivity contribution in [3.05, 3.63) is 35.4 Å². The zero-order chi connectivity index (χ0) is 12.6. The van der Waals surface area contributed by atoms with Crippen LogP contribution in [0, 0.1) is 5.31 Å². The van der Waals surface area contributed by atoms with Gasteiger partial charge in [-0.15, -0.1) is 0 Å². The minimum atomic E-state index is 0.123. The average molecular weight is 241 g/mol. The monoisotopic (exact) mass is 241 g/mol. The summed E-state index contributed by atoms with van der Waals surface area (Å²) in [5.41, 5.74) is 3.36. The van der Waals surface area contributed by atoms with Gasteiger partial charge < -0.3 is 0 Å². The van der Waals surface area contributed by atoms with Gasteiger partial charge in [-0.2, -0.15) is 0 Å². The van der Waals surface area contributed by atoms with E-state index in [0.29, 0.717) is 0 Å². The Kier molecular flexibility index (Phi) is 2.69. The number of rotatable bonds is 1. The van der Waals surface area contributed by atoms with Gasteiger partial charge in [0.25, 0.3) is 0 Å². The van der Waals surface area contributed by atoms with E-state index in [2.05, 4.69) is 17.3 Å². The standard InChI is InChI=1S/C13H16BN3O/c15-14-17-7-5-13(6-8-17)9-12(16-18)10-3-1-2-4-11(10)13/h1-4,15,18H,5-9H2/b16-12-. The second kappa shape index (κ2) is 4.23. The minimum absolute atomic E-state index is 0.123. The van der Waals surface area contributed by atoms with Crippen molar-refractivity contribution in [3.8, 4) is 0 Å². The molecule has 2 N–H and O–H groups in total. The fourth-order valence-electron chi connectivity index (χ4n) is 3.32. The van der Waals surface area contributed by atoms with Gasteiger partial charge in [0.15, 0.2) is 0 Å². The molecule has 0 unspecified atom stereocenters. The Bertz CT molecular complexity index is 507. The van der Waals surface area contributed by atoms with Crippen molar-refractivity contribution in [1.29, 1.82) is 5.31 Å². The van der Waals surface area contributed by atoms with Gasteiger partial charge in [-0.3, -0.25) is 0 Å². The second-order valence-electron chi connectivity index (χ2n) is 5.21. The van der Waals surface area contributed by atoms with Crippen LogP contribution in [0.25, 0.3) is 0 Å². The van der Waals surface area contributed by atoms with Gasteiger partial charge in [0.2, 0.25) is 0 Å². The van der Waals surface area contributed by atoms with E-state index in [-0.39, 0.29) is 5.41 Å². The van der Waals surface area contributed by atoms with Gasteiger partial charge in [0.1, 0.15) is 0 Å². The molecule has 18 heavy (non-hydrogen) atoms. The molecule has 0 atom stereocenters. The Morgan fingerprint density at radius 1 is 1.28 bits per heavy atom. The summed E-state index contributed by atoms with van der Waals surface area (Å²) in [5.74, 6) is 0. The molecule has 1 spiro atoms. The molecule has 1 aromatic rings. The van der Waals surface area contributed by atoms with Gasteiger partial charge >= 0.3 is 107 Å². The van der Waals surface area contributed by atoms with Crippen LogP contribution in [0.5, 0.6) is 0 Å². The Labute approximate surface area is 107 Å². The number of hydrogen-bond acceptors (Lipinski definition) is 3. The summed E-state index contributed by atoms with van der Waals surface area (Å²) in [6, 6.07) is 8.26. The average Bonchev–Trinajstić information content (AvgIpc) is 2.75. The van der Waals surface area contributed by atoms with Crippen molar-refractivity contribution in [2.24, 2.45) is 5.16 Å². The third kappa shape index (κ3) is 1.57. The predicted octanol–water partition coefficient (Wildman–Crippen LogP) is 1.98. The Balaban J connectivity index is 1.98. The van der Waals surface area contributed by atoms with Crippen LogP contribution in [-0.2, 0) is 5.41 Å². The number of oxime groups is 1. The van der Waals surface area contributed by atoms with Crippen molar-refractivity contribution < 1.29 is 5.21 Å². The van der Waals surface area contributed by atoms with Crippen molar-refractivity contribution in [2.45, 2.75) is 24.7 Å². The first-order valence-corrected chi connectivity index (χ1v) is 6.34. The van der Waals surface area contributed by atoms with E-state index in [1.807, 2.05) is 16.9 Å². The molecule has 2 aliphatic rings. The molecule has 1 aliphatic carbocycles. The SMILES string of the molecule is N=BN1CCC2(CC1)C/C(=N/O)c1ccccc12. The van der Waals surface area contributed by atoms with Crippen LogP contribution < -0.4 is 0 Å². The Hall–Kier alpha value is -1.65. The molecule has 1 aliphatic heterocycles. The van der Waals surface area contributed by atoms with E-state index in [9.17, 15) is 0 Å². The molecule has 1 saturated heterocycles. The van der Waals surface area contributed by atoms with Crippen molar-refractivity contribution in [3.63, 3.8) is 0 Å². The Morgan fingerprint density at radius 2 is 2.00 bits per heavy atom. The molecule has 0 radical (unpaired) electrons. The van der Waals surface area contributed by atoms with Crippen LogP contribution in [0.3, 0.4) is 0 Å². The van der Waals surface area contributed by atoms with Crippen LogP contribution in [0.2, 0.25) is 0 Å². The number of hydrogen-bond donors (Lipinski definition) is 2. The topological polar surface area (TPSA) is 59.7 Å². The third-order valence-corrected chi connectivity index (χ3v) is 4.37. The predicted molar refractivity (Wildman–Crippen MR) is 70.3 cm³/mol. The molecular formula is C13H16BN3O. The maximum atomic E-state index is 9.17. The zero-order valence-corrected chi connectivity index (χ0v) is 10.3. The van der Waals surface area contributed by atoms with E-state index in [1.54, 1.807) is 0 Å². The number of nitrogens with one attached hydrogen (secondary N) is 1. The number of benzene rings is 1. The summed E-state index contributed by atoms with van der Waals surface area (Å²) in [5, 5.41) is 20.0. The molecule has 92 valence electrons. The maximum absolute atomic E-state index is 9.17. The van der Waals surface area contributed by atoms with Crippen LogP contribution in [0.4, 0.5) is 0 Å². The molecule has 0 amide bonds. The van der Waals surface area contributed by atoms with E-state index in [0.717, 1.165) is 43.6 Å². The van der Waals surface area contributed by atoms with E-state index < -0.39 is 0 Å². The molecule has 1 heterocycles. The van der Waals surface area contributed by atoms with Crippen molar-refractivity contribution >= 4 is 12.9 Å². The van der Waals surface area contributed by atoms with Crippen LogP contribution in [-0.4, -0.2) is 36.0 Å². The molecule has 3 rings (SSSR count). The van der Waals surface area contributed by atoms with E-state index in [1.165, 1.54) is 12.8 Å². The van der Waals surface area contributed by atoms with Gasteiger partial charge in [-0.05, 0) is 0 Å². The fraction of sp³-hybridized carbons (Fsp3) is 0.462. The quantitative estimate of drug-likeness (QED) is 0.448. The molecule has 4 nitrogen and oxygen atoms in total. The summed E-state index contributed by atoms with van der Waals surface area (Å²) in [6.07, 6.45) is 2.88. The summed E-state index contributed by atoms with van der Waals surface area (Å²) < 4.78 is 0. The molecular weight excluding hydrogens is 225 g/mol. The van der Waals surface area contributed by atoms with Crippen molar-refractivity contribution in [1.82, 2.24) is 4.81 Å². The van der Waals surface area contributed by atoms with Crippen molar-refractivity contribution in [2.75, 3.05) is 13.1 Å². The van der Waals surface area contributed by atoms with Crippen LogP contribution in [0.1, 0.15) is 30.4 Å². The van der Waals surface area contributed by atoms with Gasteiger partial charge in [0.05, 0.1) is 0 Å². The molecule has 0 aromatic heterocycles. The fourth-order valence-corrected chi connectivity index (χ4v) is 3.32. The molecule has 0 saturated carbocycles. The summed E-state index contributed by atoms with van der Waals surface area (Å²) in [7, 11) is 1.43. The normalized spacial score (nSPS) is 23.1. The molecule has 1 aromatic carbocycles. The second-order valence-corrected chi connectivity index (χ2v) is 5.21. The van der Waals surface area contributed by atoms with E-state index >= 15 is 0 Å².